The summed E-state index contributed by atoms with van der Waals surface area (Å²) >= 11 is 3.31. The molecule has 0 aliphatic heterocycles. The van der Waals surface area contributed by atoms with Crippen molar-refractivity contribution in [3.05, 3.63) is 16.9 Å². The zero-order chi connectivity index (χ0) is 8.97. The fourth-order valence-electron chi connectivity index (χ4n) is 0.996. The molecule has 1 unspecified atom stereocenters. The number of aromatic nitrogens is 2. The van der Waals surface area contributed by atoms with Gasteiger partial charge in [-0.2, -0.15) is 5.10 Å². The summed E-state index contributed by atoms with van der Waals surface area (Å²) in [5.74, 6) is 0.356. The number of nitrogens with zero attached hydrogens (tertiary/aromatic N) is 2. The number of hydrogen-bond donors (Lipinski definition) is 0. The van der Waals surface area contributed by atoms with Gasteiger partial charge < -0.3 is 4.79 Å². The Bertz CT molecular complexity index is 259. The summed E-state index contributed by atoms with van der Waals surface area (Å²) in [5.41, 5.74) is 0. The maximum Gasteiger partial charge on any atom is 0.120 e. The van der Waals surface area contributed by atoms with Crippen LogP contribution in [-0.4, -0.2) is 16.1 Å². The summed E-state index contributed by atoms with van der Waals surface area (Å²) in [5, 5.41) is 4.09. The van der Waals surface area contributed by atoms with Crippen LogP contribution in [0.15, 0.2) is 16.9 Å². The monoisotopic (exact) mass is 230 g/mol. The number of rotatable bonds is 4. The molecule has 66 valence electrons. The maximum atomic E-state index is 10.2. The number of carbonyl (C=O) groups excluding carboxylic acids is 1. The molecule has 1 atom stereocenters. The van der Waals surface area contributed by atoms with Crippen LogP contribution in [0.3, 0.4) is 0 Å². The highest BCUT2D eigenvalue weighted by Gasteiger charge is 2.02. The second-order valence-electron chi connectivity index (χ2n) is 2.89. The van der Waals surface area contributed by atoms with Crippen LogP contribution in [0, 0.1) is 5.92 Å². The molecule has 4 heteroatoms. The van der Waals surface area contributed by atoms with E-state index in [2.05, 4.69) is 21.0 Å². The first kappa shape index (κ1) is 9.45. The quantitative estimate of drug-likeness (QED) is 0.741. The smallest absolute Gasteiger partial charge is 0.120 e. The van der Waals surface area contributed by atoms with Gasteiger partial charge in [0.2, 0.25) is 0 Å². The van der Waals surface area contributed by atoms with Crippen molar-refractivity contribution in [1.29, 1.82) is 0 Å². The summed E-state index contributed by atoms with van der Waals surface area (Å²) in [6.45, 7) is 2.83. The van der Waals surface area contributed by atoms with Crippen LogP contribution in [0.1, 0.15) is 13.3 Å². The lowest BCUT2D eigenvalue weighted by Crippen LogP contribution is -2.08. The molecule has 1 aromatic rings. The molecule has 0 saturated carbocycles. The fourth-order valence-corrected chi connectivity index (χ4v) is 1.32. The van der Waals surface area contributed by atoms with Gasteiger partial charge in [-0.3, -0.25) is 4.68 Å². The molecule has 1 heterocycles. The molecule has 0 amide bonds. The van der Waals surface area contributed by atoms with Gasteiger partial charge in [0.1, 0.15) is 6.29 Å². The van der Waals surface area contributed by atoms with Crippen molar-refractivity contribution in [3.63, 3.8) is 0 Å². The average Bonchev–Trinajstić information content (AvgIpc) is 2.36. The summed E-state index contributed by atoms with van der Waals surface area (Å²) in [4.78, 5) is 10.2. The predicted octanol–water partition coefficient (Wildman–Crippen LogP) is 1.87. The maximum absolute atomic E-state index is 10.2. The molecule has 3 nitrogen and oxygen atoms in total. The first-order valence-electron chi connectivity index (χ1n) is 3.84. The number of hydrogen-bond acceptors (Lipinski definition) is 2. The Labute approximate surface area is 79.9 Å². The lowest BCUT2D eigenvalue weighted by molar-refractivity contribution is -0.108. The van der Waals surface area contributed by atoms with Gasteiger partial charge in [0.25, 0.3) is 0 Å². The Balaban J connectivity index is 2.46. The van der Waals surface area contributed by atoms with Crippen molar-refractivity contribution in [2.24, 2.45) is 5.92 Å². The Hall–Kier alpha value is -0.640. The molecule has 0 bridgehead atoms. The minimum Gasteiger partial charge on any atom is -0.303 e. The topological polar surface area (TPSA) is 34.9 Å². The van der Waals surface area contributed by atoms with E-state index in [1.807, 2.05) is 17.8 Å². The summed E-state index contributed by atoms with van der Waals surface area (Å²) in [7, 11) is 0. The van der Waals surface area contributed by atoms with Gasteiger partial charge in [0, 0.05) is 19.2 Å². The molecule has 0 radical (unpaired) electrons. The molecule has 0 aromatic carbocycles. The highest BCUT2D eigenvalue weighted by Crippen LogP contribution is 2.09. The lowest BCUT2D eigenvalue weighted by Gasteiger charge is -2.06. The number of carbonyl (C=O) groups is 1. The Morgan fingerprint density at radius 2 is 2.58 bits per heavy atom. The van der Waals surface area contributed by atoms with Crippen molar-refractivity contribution in [1.82, 2.24) is 9.78 Å². The third-order valence-electron chi connectivity index (χ3n) is 1.60. The van der Waals surface area contributed by atoms with Gasteiger partial charge >= 0.3 is 0 Å². The standard InChI is InChI=1S/C8H11BrN2O/c1-7(2-3-12)5-11-6-8(9)4-10-11/h3-4,6-7H,2,5H2,1H3. The van der Waals surface area contributed by atoms with Gasteiger partial charge in [-0.05, 0) is 21.8 Å². The van der Waals surface area contributed by atoms with E-state index in [-0.39, 0.29) is 0 Å². The molecule has 1 aromatic heterocycles. The summed E-state index contributed by atoms with van der Waals surface area (Å²) in [6.07, 6.45) is 5.19. The van der Waals surface area contributed by atoms with Crippen LogP contribution in [0.4, 0.5) is 0 Å². The van der Waals surface area contributed by atoms with Crippen LogP contribution in [0.25, 0.3) is 0 Å². The van der Waals surface area contributed by atoms with Gasteiger partial charge in [-0.25, -0.2) is 0 Å². The van der Waals surface area contributed by atoms with E-state index < -0.39 is 0 Å². The van der Waals surface area contributed by atoms with Crippen LogP contribution < -0.4 is 0 Å². The molecule has 0 spiro atoms. The first-order valence-corrected chi connectivity index (χ1v) is 4.63. The van der Waals surface area contributed by atoms with Crippen molar-refractivity contribution >= 4 is 22.2 Å². The normalized spacial score (nSPS) is 12.8. The van der Waals surface area contributed by atoms with Crippen molar-refractivity contribution < 1.29 is 4.79 Å². The van der Waals surface area contributed by atoms with E-state index >= 15 is 0 Å². The predicted molar refractivity (Wildman–Crippen MR) is 49.8 cm³/mol. The molecule has 1 rings (SSSR count). The zero-order valence-electron chi connectivity index (χ0n) is 6.90. The first-order chi connectivity index (χ1) is 5.72. The van der Waals surface area contributed by atoms with Gasteiger partial charge in [-0.15, -0.1) is 0 Å². The lowest BCUT2D eigenvalue weighted by atomic mass is 10.1. The number of aldehydes is 1. The fraction of sp³-hybridized carbons (Fsp3) is 0.500. The summed E-state index contributed by atoms with van der Waals surface area (Å²) < 4.78 is 2.80. The van der Waals surface area contributed by atoms with E-state index in [0.29, 0.717) is 12.3 Å². The average molecular weight is 231 g/mol. The van der Waals surface area contributed by atoms with Crippen LogP contribution in [-0.2, 0) is 11.3 Å². The van der Waals surface area contributed by atoms with E-state index in [9.17, 15) is 4.79 Å². The van der Waals surface area contributed by atoms with E-state index in [0.717, 1.165) is 17.3 Å². The van der Waals surface area contributed by atoms with Gasteiger partial charge in [0.05, 0.1) is 10.7 Å². The van der Waals surface area contributed by atoms with E-state index in [1.165, 1.54) is 0 Å². The second-order valence-corrected chi connectivity index (χ2v) is 3.80. The largest absolute Gasteiger partial charge is 0.303 e. The molecule has 0 saturated heterocycles. The minimum atomic E-state index is 0.356. The summed E-state index contributed by atoms with van der Waals surface area (Å²) in [6, 6.07) is 0. The van der Waals surface area contributed by atoms with Crippen molar-refractivity contribution in [3.8, 4) is 0 Å². The highest BCUT2D eigenvalue weighted by atomic mass is 79.9. The minimum absolute atomic E-state index is 0.356. The molecule has 12 heavy (non-hydrogen) atoms. The molecular formula is C8H11BrN2O. The second kappa shape index (κ2) is 4.40. The molecular weight excluding hydrogens is 220 g/mol. The van der Waals surface area contributed by atoms with Crippen LogP contribution in [0.2, 0.25) is 0 Å². The Morgan fingerprint density at radius 1 is 1.83 bits per heavy atom. The van der Waals surface area contributed by atoms with Crippen molar-refractivity contribution in [2.75, 3.05) is 0 Å². The van der Waals surface area contributed by atoms with Crippen LogP contribution >= 0.6 is 15.9 Å². The molecule has 0 fully saturated rings. The molecule has 0 aliphatic rings. The third-order valence-corrected chi connectivity index (χ3v) is 2.01. The van der Waals surface area contributed by atoms with E-state index in [1.54, 1.807) is 6.20 Å². The Kier molecular flexibility index (Phi) is 3.47. The van der Waals surface area contributed by atoms with Gasteiger partial charge in [0.15, 0.2) is 0 Å². The third kappa shape index (κ3) is 2.77. The van der Waals surface area contributed by atoms with Crippen LogP contribution in [0.5, 0.6) is 0 Å². The zero-order valence-corrected chi connectivity index (χ0v) is 8.49. The molecule has 0 N–H and O–H groups in total. The molecule has 0 aliphatic carbocycles. The highest BCUT2D eigenvalue weighted by molar-refractivity contribution is 9.10. The SMILES string of the molecule is CC(CC=O)Cn1cc(Br)cn1. The number of halogens is 1. The van der Waals surface area contributed by atoms with Crippen molar-refractivity contribution in [2.45, 2.75) is 19.9 Å². The Morgan fingerprint density at radius 3 is 3.08 bits per heavy atom. The van der Waals surface area contributed by atoms with Gasteiger partial charge in [-0.1, -0.05) is 6.92 Å². The van der Waals surface area contributed by atoms with E-state index in [4.69, 9.17) is 0 Å².